The lowest BCUT2D eigenvalue weighted by atomic mass is 10.1. The van der Waals surface area contributed by atoms with E-state index in [-0.39, 0.29) is 12.5 Å². The van der Waals surface area contributed by atoms with E-state index < -0.39 is 28.5 Å². The van der Waals surface area contributed by atoms with Gasteiger partial charge in [-0.3, -0.25) is 13.9 Å². The van der Waals surface area contributed by atoms with Crippen molar-refractivity contribution in [2.75, 3.05) is 24.2 Å². The standard InChI is InChI=1S/C23H31N3O4S/c1-16-8-7-9-20(13-16)14-25(19(4)23(28)24-5)22(27)15-26(31(6,29)30)21-11-10-17(2)12-18(21)3/h7-13,19H,14-15H2,1-6H3,(H,24,28)/t19-/m0/s1. The third-order valence-corrected chi connectivity index (χ3v) is 6.28. The lowest BCUT2D eigenvalue weighted by molar-refractivity contribution is -0.139. The van der Waals surface area contributed by atoms with Gasteiger partial charge in [-0.05, 0) is 44.9 Å². The van der Waals surface area contributed by atoms with Crippen LogP contribution < -0.4 is 9.62 Å². The number of benzene rings is 2. The SMILES string of the molecule is CNC(=O)[C@H](C)N(Cc1cccc(C)c1)C(=O)CN(c1ccc(C)cc1C)S(C)(=O)=O. The number of aryl methyl sites for hydroxylation is 3. The Hall–Kier alpha value is -2.87. The van der Waals surface area contributed by atoms with Crippen LogP contribution in [0.1, 0.15) is 29.2 Å². The lowest BCUT2D eigenvalue weighted by Crippen LogP contribution is -2.50. The zero-order chi connectivity index (χ0) is 23.3. The maximum absolute atomic E-state index is 13.3. The van der Waals surface area contributed by atoms with Gasteiger partial charge in [0.15, 0.2) is 0 Å². The van der Waals surface area contributed by atoms with Crippen molar-refractivity contribution in [3.8, 4) is 0 Å². The first-order valence-corrected chi connectivity index (χ1v) is 11.9. The molecular formula is C23H31N3O4S. The fourth-order valence-corrected chi connectivity index (χ4v) is 4.39. The van der Waals surface area contributed by atoms with Gasteiger partial charge in [-0.25, -0.2) is 8.42 Å². The summed E-state index contributed by atoms with van der Waals surface area (Å²) in [6.07, 6.45) is 1.08. The van der Waals surface area contributed by atoms with Gasteiger partial charge >= 0.3 is 0 Å². The van der Waals surface area contributed by atoms with Gasteiger partial charge in [0.1, 0.15) is 12.6 Å². The number of hydrogen-bond donors (Lipinski definition) is 1. The number of nitrogens with one attached hydrogen (secondary N) is 1. The highest BCUT2D eigenvalue weighted by molar-refractivity contribution is 7.92. The number of rotatable bonds is 8. The first-order valence-electron chi connectivity index (χ1n) is 10.1. The normalized spacial score (nSPS) is 12.2. The third-order valence-electron chi connectivity index (χ3n) is 5.15. The Morgan fingerprint density at radius 3 is 2.23 bits per heavy atom. The molecule has 0 aromatic heterocycles. The number of nitrogens with zero attached hydrogens (tertiary/aromatic N) is 2. The van der Waals surface area contributed by atoms with Crippen LogP contribution in [0.2, 0.25) is 0 Å². The minimum Gasteiger partial charge on any atom is -0.357 e. The molecule has 8 heteroatoms. The molecule has 31 heavy (non-hydrogen) atoms. The second-order valence-corrected chi connectivity index (χ2v) is 9.77. The Labute approximate surface area is 185 Å². The molecule has 0 radical (unpaired) electrons. The summed E-state index contributed by atoms with van der Waals surface area (Å²) in [5, 5.41) is 2.56. The summed E-state index contributed by atoms with van der Waals surface area (Å²) in [5.41, 5.74) is 4.09. The fourth-order valence-electron chi connectivity index (χ4n) is 3.48. The molecule has 0 saturated heterocycles. The molecule has 2 amide bonds. The molecule has 0 aliphatic rings. The fraction of sp³-hybridized carbons (Fsp3) is 0.391. The maximum atomic E-state index is 13.3. The van der Waals surface area contributed by atoms with E-state index >= 15 is 0 Å². The van der Waals surface area contributed by atoms with Crippen molar-refractivity contribution < 1.29 is 18.0 Å². The highest BCUT2D eigenvalue weighted by atomic mass is 32.2. The Balaban J connectivity index is 2.42. The van der Waals surface area contributed by atoms with E-state index in [1.54, 1.807) is 13.0 Å². The van der Waals surface area contributed by atoms with Gasteiger partial charge < -0.3 is 10.2 Å². The summed E-state index contributed by atoms with van der Waals surface area (Å²) >= 11 is 0. The molecular weight excluding hydrogens is 414 g/mol. The number of sulfonamides is 1. The van der Waals surface area contributed by atoms with Crippen molar-refractivity contribution in [3.05, 3.63) is 64.7 Å². The summed E-state index contributed by atoms with van der Waals surface area (Å²) in [7, 11) is -2.22. The zero-order valence-corrected chi connectivity index (χ0v) is 19.8. The van der Waals surface area contributed by atoms with Crippen molar-refractivity contribution in [3.63, 3.8) is 0 Å². The number of anilines is 1. The van der Waals surface area contributed by atoms with Crippen LogP contribution in [0.25, 0.3) is 0 Å². The monoisotopic (exact) mass is 445 g/mol. The third kappa shape index (κ3) is 6.30. The molecule has 2 aromatic carbocycles. The smallest absolute Gasteiger partial charge is 0.244 e. The van der Waals surface area contributed by atoms with Crippen LogP contribution >= 0.6 is 0 Å². The zero-order valence-electron chi connectivity index (χ0n) is 19.0. The molecule has 0 saturated carbocycles. The molecule has 7 nitrogen and oxygen atoms in total. The lowest BCUT2D eigenvalue weighted by Gasteiger charge is -2.31. The molecule has 0 fully saturated rings. The Bertz CT molecular complexity index is 1070. The molecule has 0 unspecified atom stereocenters. The summed E-state index contributed by atoms with van der Waals surface area (Å²) in [4.78, 5) is 27.1. The molecule has 1 N–H and O–H groups in total. The summed E-state index contributed by atoms with van der Waals surface area (Å²) in [5.74, 6) is -0.776. The van der Waals surface area contributed by atoms with Gasteiger partial charge in [-0.2, -0.15) is 0 Å². The van der Waals surface area contributed by atoms with Crippen LogP contribution in [0.15, 0.2) is 42.5 Å². The first-order chi connectivity index (χ1) is 14.4. The molecule has 0 aliphatic carbocycles. The molecule has 0 aliphatic heterocycles. The van der Waals surface area contributed by atoms with Crippen LogP contribution in [0.3, 0.4) is 0 Å². The van der Waals surface area contributed by atoms with Gasteiger partial charge in [0.25, 0.3) is 0 Å². The van der Waals surface area contributed by atoms with E-state index in [4.69, 9.17) is 0 Å². The van der Waals surface area contributed by atoms with Gasteiger partial charge in [-0.15, -0.1) is 0 Å². The number of hydrogen-bond acceptors (Lipinski definition) is 4. The van der Waals surface area contributed by atoms with Gasteiger partial charge in [0.05, 0.1) is 11.9 Å². The molecule has 2 rings (SSSR count). The highest BCUT2D eigenvalue weighted by Gasteiger charge is 2.30. The number of amides is 2. The van der Waals surface area contributed by atoms with Crippen molar-refractivity contribution in [2.45, 2.75) is 40.3 Å². The number of carbonyl (C=O) groups is 2. The molecule has 1 atom stereocenters. The van der Waals surface area contributed by atoms with Crippen molar-refractivity contribution >= 4 is 27.5 Å². The molecule has 0 spiro atoms. The van der Waals surface area contributed by atoms with E-state index in [2.05, 4.69) is 5.32 Å². The summed E-state index contributed by atoms with van der Waals surface area (Å²) in [6.45, 7) is 7.11. The quantitative estimate of drug-likeness (QED) is 0.677. The van der Waals surface area contributed by atoms with E-state index in [9.17, 15) is 18.0 Å². The largest absolute Gasteiger partial charge is 0.357 e. The van der Waals surface area contributed by atoms with E-state index in [1.165, 1.54) is 11.9 Å². The molecule has 2 aromatic rings. The minimum absolute atomic E-state index is 0.194. The maximum Gasteiger partial charge on any atom is 0.244 e. The molecule has 0 heterocycles. The highest BCUT2D eigenvalue weighted by Crippen LogP contribution is 2.24. The van der Waals surface area contributed by atoms with Crippen molar-refractivity contribution in [2.24, 2.45) is 0 Å². The van der Waals surface area contributed by atoms with Crippen LogP contribution in [0.4, 0.5) is 5.69 Å². The second kappa shape index (κ2) is 9.96. The van der Waals surface area contributed by atoms with E-state index in [1.807, 2.05) is 57.2 Å². The second-order valence-electron chi connectivity index (χ2n) is 7.86. The Morgan fingerprint density at radius 2 is 1.68 bits per heavy atom. The van der Waals surface area contributed by atoms with Crippen LogP contribution in [0.5, 0.6) is 0 Å². The van der Waals surface area contributed by atoms with Crippen molar-refractivity contribution in [1.29, 1.82) is 0 Å². The van der Waals surface area contributed by atoms with Crippen LogP contribution in [-0.4, -0.2) is 51.0 Å². The van der Waals surface area contributed by atoms with E-state index in [0.29, 0.717) is 5.69 Å². The average molecular weight is 446 g/mol. The predicted octanol–water partition coefficient (Wildman–Crippen LogP) is 2.54. The topological polar surface area (TPSA) is 86.8 Å². The average Bonchev–Trinajstić information content (AvgIpc) is 2.68. The molecule has 0 bridgehead atoms. The van der Waals surface area contributed by atoms with Crippen LogP contribution in [-0.2, 0) is 26.2 Å². The summed E-state index contributed by atoms with van der Waals surface area (Å²) < 4.78 is 26.2. The summed E-state index contributed by atoms with van der Waals surface area (Å²) in [6, 6.07) is 12.3. The van der Waals surface area contributed by atoms with Gasteiger partial charge in [-0.1, -0.05) is 47.5 Å². The predicted molar refractivity (Wildman–Crippen MR) is 123 cm³/mol. The van der Waals surface area contributed by atoms with Crippen molar-refractivity contribution in [1.82, 2.24) is 10.2 Å². The van der Waals surface area contributed by atoms with Crippen LogP contribution in [0, 0.1) is 20.8 Å². The minimum atomic E-state index is -3.73. The number of carbonyl (C=O) groups excluding carboxylic acids is 2. The first kappa shape index (κ1) is 24.4. The number of likely N-dealkylation sites (N-methyl/N-ethyl adjacent to an activating group) is 1. The Morgan fingerprint density at radius 1 is 1.03 bits per heavy atom. The van der Waals surface area contributed by atoms with Gasteiger partial charge in [0.2, 0.25) is 21.8 Å². The molecule has 168 valence electrons. The van der Waals surface area contributed by atoms with E-state index in [0.717, 1.165) is 32.8 Å². The van der Waals surface area contributed by atoms with Gasteiger partial charge in [0, 0.05) is 13.6 Å². The Kier molecular flexibility index (Phi) is 7.84.